The van der Waals surface area contributed by atoms with Gasteiger partial charge in [-0.1, -0.05) is 30.3 Å². The zero-order valence-electron chi connectivity index (χ0n) is 14.5. The number of carbonyl (C=O) groups is 1. The second-order valence-electron chi connectivity index (χ2n) is 5.99. The monoisotopic (exact) mass is 324 g/mol. The Kier molecular flexibility index (Phi) is 6.01. The van der Waals surface area contributed by atoms with Gasteiger partial charge in [-0.3, -0.25) is 4.79 Å². The van der Waals surface area contributed by atoms with E-state index < -0.39 is 0 Å². The van der Waals surface area contributed by atoms with Crippen molar-refractivity contribution in [1.29, 1.82) is 0 Å². The van der Waals surface area contributed by atoms with Crippen molar-refractivity contribution in [1.82, 2.24) is 0 Å². The Morgan fingerprint density at radius 1 is 1.17 bits per heavy atom. The van der Waals surface area contributed by atoms with Crippen LogP contribution in [0, 0.1) is 13.8 Å². The molecular weight excluding hydrogens is 300 g/mol. The average molecular weight is 324 g/mol. The molecule has 0 heterocycles. The SMILES string of the molecule is C=C(C)COc1cccc(NC(=O)CNc2ccc(C)cc2C)c1. The molecule has 0 aliphatic rings. The maximum atomic E-state index is 12.1. The normalized spacial score (nSPS) is 10.1. The quantitative estimate of drug-likeness (QED) is 0.746. The van der Waals surface area contributed by atoms with E-state index in [2.05, 4.69) is 23.3 Å². The van der Waals surface area contributed by atoms with Crippen molar-refractivity contribution >= 4 is 17.3 Å². The molecule has 1 amide bonds. The summed E-state index contributed by atoms with van der Waals surface area (Å²) in [5, 5.41) is 6.03. The zero-order chi connectivity index (χ0) is 17.5. The van der Waals surface area contributed by atoms with Gasteiger partial charge in [-0.25, -0.2) is 0 Å². The summed E-state index contributed by atoms with van der Waals surface area (Å²) < 4.78 is 5.58. The van der Waals surface area contributed by atoms with Crippen LogP contribution in [0.1, 0.15) is 18.1 Å². The van der Waals surface area contributed by atoms with Gasteiger partial charge in [0.25, 0.3) is 0 Å². The molecule has 2 rings (SSSR count). The highest BCUT2D eigenvalue weighted by atomic mass is 16.5. The summed E-state index contributed by atoms with van der Waals surface area (Å²) in [6.45, 7) is 10.5. The predicted molar refractivity (Wildman–Crippen MR) is 99.8 cm³/mol. The number of carbonyl (C=O) groups excluding carboxylic acids is 1. The molecule has 24 heavy (non-hydrogen) atoms. The lowest BCUT2D eigenvalue weighted by Gasteiger charge is -2.11. The van der Waals surface area contributed by atoms with E-state index in [1.807, 2.05) is 51.1 Å². The molecule has 0 aromatic heterocycles. The molecule has 0 unspecified atom stereocenters. The summed E-state index contributed by atoms with van der Waals surface area (Å²) in [5.41, 5.74) is 4.95. The summed E-state index contributed by atoms with van der Waals surface area (Å²) in [5.74, 6) is 0.602. The molecule has 0 atom stereocenters. The van der Waals surface area contributed by atoms with Crippen LogP contribution in [0.15, 0.2) is 54.6 Å². The molecule has 0 saturated heterocycles. The predicted octanol–water partition coefficient (Wildman–Crippen LogP) is 4.31. The van der Waals surface area contributed by atoms with Gasteiger partial charge >= 0.3 is 0 Å². The summed E-state index contributed by atoms with van der Waals surface area (Å²) in [6.07, 6.45) is 0. The van der Waals surface area contributed by atoms with Crippen molar-refractivity contribution in [3.63, 3.8) is 0 Å². The van der Waals surface area contributed by atoms with Gasteiger partial charge in [-0.15, -0.1) is 0 Å². The van der Waals surface area contributed by atoms with E-state index in [0.29, 0.717) is 18.0 Å². The Bertz CT molecular complexity index is 738. The number of nitrogens with one attached hydrogen (secondary N) is 2. The van der Waals surface area contributed by atoms with Gasteiger partial charge in [-0.2, -0.15) is 0 Å². The Morgan fingerprint density at radius 2 is 1.96 bits per heavy atom. The third-order valence-corrected chi connectivity index (χ3v) is 3.42. The maximum Gasteiger partial charge on any atom is 0.243 e. The van der Waals surface area contributed by atoms with E-state index in [-0.39, 0.29) is 12.5 Å². The fourth-order valence-corrected chi connectivity index (χ4v) is 2.26. The summed E-state index contributed by atoms with van der Waals surface area (Å²) >= 11 is 0. The Labute approximate surface area is 143 Å². The number of hydrogen-bond acceptors (Lipinski definition) is 3. The molecule has 2 aromatic carbocycles. The third kappa shape index (κ3) is 5.47. The molecular formula is C20H24N2O2. The molecule has 4 nitrogen and oxygen atoms in total. The van der Waals surface area contributed by atoms with Crippen LogP contribution in [0.3, 0.4) is 0 Å². The largest absolute Gasteiger partial charge is 0.489 e. The van der Waals surface area contributed by atoms with Gasteiger partial charge in [0.15, 0.2) is 0 Å². The molecule has 0 aliphatic heterocycles. The second-order valence-corrected chi connectivity index (χ2v) is 5.99. The fourth-order valence-electron chi connectivity index (χ4n) is 2.26. The smallest absolute Gasteiger partial charge is 0.243 e. The van der Waals surface area contributed by atoms with Crippen molar-refractivity contribution in [2.24, 2.45) is 0 Å². The number of aryl methyl sites for hydroxylation is 2. The molecule has 0 saturated carbocycles. The molecule has 0 radical (unpaired) electrons. The number of amides is 1. The molecule has 126 valence electrons. The van der Waals surface area contributed by atoms with E-state index in [0.717, 1.165) is 16.8 Å². The number of ether oxygens (including phenoxy) is 1. The first-order valence-corrected chi connectivity index (χ1v) is 7.92. The molecule has 2 aromatic rings. The van der Waals surface area contributed by atoms with Crippen LogP contribution >= 0.6 is 0 Å². The van der Waals surface area contributed by atoms with Crippen LogP contribution in [-0.2, 0) is 4.79 Å². The first-order chi connectivity index (χ1) is 11.4. The van der Waals surface area contributed by atoms with E-state index in [4.69, 9.17) is 4.74 Å². The minimum absolute atomic E-state index is 0.105. The average Bonchev–Trinajstić information content (AvgIpc) is 2.52. The first kappa shape index (κ1) is 17.6. The van der Waals surface area contributed by atoms with Gasteiger partial charge in [0, 0.05) is 17.4 Å². The highest BCUT2D eigenvalue weighted by Gasteiger charge is 2.05. The minimum Gasteiger partial charge on any atom is -0.489 e. The van der Waals surface area contributed by atoms with Gasteiger partial charge < -0.3 is 15.4 Å². The molecule has 0 spiro atoms. The van der Waals surface area contributed by atoms with Crippen LogP contribution < -0.4 is 15.4 Å². The summed E-state index contributed by atoms with van der Waals surface area (Å²) in [6, 6.07) is 13.4. The standard InChI is InChI=1S/C20H24N2O2/c1-14(2)13-24-18-7-5-6-17(11-18)22-20(23)12-21-19-9-8-15(3)10-16(19)4/h5-11,21H,1,12-13H2,2-4H3,(H,22,23). The van der Waals surface area contributed by atoms with Gasteiger partial charge in [-0.05, 0) is 50.1 Å². The van der Waals surface area contributed by atoms with Crippen molar-refractivity contribution in [3.8, 4) is 5.75 Å². The van der Waals surface area contributed by atoms with E-state index in [1.54, 1.807) is 6.07 Å². The van der Waals surface area contributed by atoms with Crippen LogP contribution in [-0.4, -0.2) is 19.1 Å². The van der Waals surface area contributed by atoms with Crippen LogP contribution in [0.25, 0.3) is 0 Å². The lowest BCUT2D eigenvalue weighted by molar-refractivity contribution is -0.114. The molecule has 0 bridgehead atoms. The fraction of sp³-hybridized carbons (Fsp3) is 0.250. The highest BCUT2D eigenvalue weighted by molar-refractivity contribution is 5.94. The lowest BCUT2D eigenvalue weighted by Crippen LogP contribution is -2.22. The minimum atomic E-state index is -0.105. The number of hydrogen-bond donors (Lipinski definition) is 2. The molecule has 4 heteroatoms. The second kappa shape index (κ2) is 8.20. The van der Waals surface area contributed by atoms with Gasteiger partial charge in [0.2, 0.25) is 5.91 Å². The van der Waals surface area contributed by atoms with Crippen LogP contribution in [0.4, 0.5) is 11.4 Å². The maximum absolute atomic E-state index is 12.1. The van der Waals surface area contributed by atoms with Crippen molar-refractivity contribution in [2.45, 2.75) is 20.8 Å². The van der Waals surface area contributed by atoms with E-state index >= 15 is 0 Å². The summed E-state index contributed by atoms with van der Waals surface area (Å²) in [4.78, 5) is 12.1. The Hall–Kier alpha value is -2.75. The molecule has 0 aliphatic carbocycles. The van der Waals surface area contributed by atoms with Gasteiger partial charge in [0.05, 0.1) is 6.54 Å². The highest BCUT2D eigenvalue weighted by Crippen LogP contribution is 2.18. The lowest BCUT2D eigenvalue weighted by atomic mass is 10.1. The van der Waals surface area contributed by atoms with Crippen LogP contribution in [0.5, 0.6) is 5.75 Å². The summed E-state index contributed by atoms with van der Waals surface area (Å²) in [7, 11) is 0. The molecule has 0 fully saturated rings. The van der Waals surface area contributed by atoms with Crippen molar-refractivity contribution < 1.29 is 9.53 Å². The van der Waals surface area contributed by atoms with Crippen molar-refractivity contribution in [2.75, 3.05) is 23.8 Å². The van der Waals surface area contributed by atoms with Crippen LogP contribution in [0.2, 0.25) is 0 Å². The van der Waals surface area contributed by atoms with Gasteiger partial charge in [0.1, 0.15) is 12.4 Å². The number of benzene rings is 2. The van der Waals surface area contributed by atoms with E-state index in [1.165, 1.54) is 5.56 Å². The van der Waals surface area contributed by atoms with Crippen molar-refractivity contribution in [3.05, 3.63) is 65.7 Å². The number of anilines is 2. The number of rotatable bonds is 7. The Morgan fingerprint density at radius 3 is 2.67 bits per heavy atom. The topological polar surface area (TPSA) is 50.4 Å². The first-order valence-electron chi connectivity index (χ1n) is 7.92. The Balaban J connectivity index is 1.90. The molecule has 2 N–H and O–H groups in total. The zero-order valence-corrected chi connectivity index (χ0v) is 14.5. The van der Waals surface area contributed by atoms with E-state index in [9.17, 15) is 4.79 Å². The third-order valence-electron chi connectivity index (χ3n) is 3.42.